The SMILES string of the molecule is CC(C)C1CC=CNC1C(C)C. The van der Waals surface area contributed by atoms with E-state index in [1.54, 1.807) is 0 Å². The molecule has 1 N–H and O–H groups in total. The molecular weight excluding hydrogens is 146 g/mol. The number of hydrogen-bond donors (Lipinski definition) is 1. The van der Waals surface area contributed by atoms with Gasteiger partial charge in [0.25, 0.3) is 0 Å². The second-order valence-electron chi connectivity index (χ2n) is 4.48. The summed E-state index contributed by atoms with van der Waals surface area (Å²) in [5, 5.41) is 3.47. The molecule has 2 atom stereocenters. The van der Waals surface area contributed by atoms with Crippen LogP contribution in [0.2, 0.25) is 0 Å². The van der Waals surface area contributed by atoms with Gasteiger partial charge in [-0.2, -0.15) is 0 Å². The van der Waals surface area contributed by atoms with Crippen LogP contribution >= 0.6 is 0 Å². The Hall–Kier alpha value is -0.460. The number of hydrogen-bond acceptors (Lipinski definition) is 1. The Morgan fingerprint density at radius 3 is 2.25 bits per heavy atom. The molecule has 1 heteroatoms. The van der Waals surface area contributed by atoms with Crippen molar-refractivity contribution in [3.8, 4) is 0 Å². The minimum Gasteiger partial charge on any atom is -0.388 e. The average Bonchev–Trinajstić information content (AvgIpc) is 2.04. The Balaban J connectivity index is 2.63. The Bertz CT molecular complexity index is 140. The molecule has 1 nitrogen and oxygen atoms in total. The molecule has 0 saturated carbocycles. The first-order chi connectivity index (χ1) is 5.63. The van der Waals surface area contributed by atoms with Gasteiger partial charge in [0.05, 0.1) is 0 Å². The smallest absolute Gasteiger partial charge is 0.0312 e. The third-order valence-corrected chi connectivity index (χ3v) is 2.85. The molecule has 0 radical (unpaired) electrons. The third-order valence-electron chi connectivity index (χ3n) is 2.85. The summed E-state index contributed by atoms with van der Waals surface area (Å²) in [4.78, 5) is 0. The van der Waals surface area contributed by atoms with Crippen molar-refractivity contribution in [2.24, 2.45) is 17.8 Å². The van der Waals surface area contributed by atoms with Crippen LogP contribution in [0, 0.1) is 17.8 Å². The maximum Gasteiger partial charge on any atom is 0.0312 e. The first kappa shape index (κ1) is 9.63. The number of nitrogens with one attached hydrogen (secondary N) is 1. The third kappa shape index (κ3) is 2.02. The highest BCUT2D eigenvalue weighted by Crippen LogP contribution is 2.26. The van der Waals surface area contributed by atoms with Crippen LogP contribution in [0.4, 0.5) is 0 Å². The average molecular weight is 167 g/mol. The lowest BCUT2D eigenvalue weighted by molar-refractivity contribution is 0.234. The van der Waals surface area contributed by atoms with E-state index in [1.807, 2.05) is 0 Å². The molecule has 1 aliphatic heterocycles. The fraction of sp³-hybridized carbons (Fsp3) is 0.818. The van der Waals surface area contributed by atoms with E-state index >= 15 is 0 Å². The first-order valence-corrected chi connectivity index (χ1v) is 5.04. The van der Waals surface area contributed by atoms with Gasteiger partial charge in [-0.3, -0.25) is 0 Å². The molecule has 1 heterocycles. The minimum absolute atomic E-state index is 0.676. The molecule has 0 aromatic rings. The second kappa shape index (κ2) is 3.97. The van der Waals surface area contributed by atoms with Crippen molar-refractivity contribution in [2.45, 2.75) is 40.2 Å². The lowest BCUT2D eigenvalue weighted by Gasteiger charge is -2.35. The first-order valence-electron chi connectivity index (χ1n) is 5.04. The summed E-state index contributed by atoms with van der Waals surface area (Å²) >= 11 is 0. The van der Waals surface area contributed by atoms with Gasteiger partial charge in [-0.05, 0) is 30.4 Å². The zero-order valence-corrected chi connectivity index (χ0v) is 8.67. The van der Waals surface area contributed by atoms with Crippen molar-refractivity contribution in [3.05, 3.63) is 12.3 Å². The molecule has 1 rings (SSSR count). The van der Waals surface area contributed by atoms with Gasteiger partial charge < -0.3 is 5.32 Å². The fourth-order valence-electron chi connectivity index (χ4n) is 2.05. The van der Waals surface area contributed by atoms with E-state index in [2.05, 4.69) is 45.3 Å². The van der Waals surface area contributed by atoms with Crippen LogP contribution in [-0.4, -0.2) is 6.04 Å². The van der Waals surface area contributed by atoms with Gasteiger partial charge in [-0.25, -0.2) is 0 Å². The molecule has 1 aliphatic rings. The maximum absolute atomic E-state index is 3.47. The van der Waals surface area contributed by atoms with Crippen molar-refractivity contribution in [3.63, 3.8) is 0 Å². The standard InChI is InChI=1S/C11H21N/c1-8(2)10-6-5-7-12-11(10)9(3)4/h5,7-12H,6H2,1-4H3. The van der Waals surface area contributed by atoms with Gasteiger partial charge in [0.2, 0.25) is 0 Å². The van der Waals surface area contributed by atoms with E-state index in [-0.39, 0.29) is 0 Å². The topological polar surface area (TPSA) is 12.0 Å². The molecular formula is C11H21N. The summed E-state index contributed by atoms with van der Waals surface area (Å²) in [7, 11) is 0. The Morgan fingerprint density at radius 1 is 1.17 bits per heavy atom. The maximum atomic E-state index is 3.47. The molecule has 0 saturated heterocycles. The summed E-state index contributed by atoms with van der Waals surface area (Å²) in [6.07, 6.45) is 5.61. The van der Waals surface area contributed by atoms with Crippen LogP contribution in [0.5, 0.6) is 0 Å². The van der Waals surface area contributed by atoms with Gasteiger partial charge in [0.1, 0.15) is 0 Å². The second-order valence-corrected chi connectivity index (χ2v) is 4.48. The fourth-order valence-corrected chi connectivity index (χ4v) is 2.05. The lowest BCUT2D eigenvalue weighted by Crippen LogP contribution is -2.41. The molecule has 0 fully saturated rings. The molecule has 2 unspecified atom stereocenters. The summed E-state index contributed by atoms with van der Waals surface area (Å²) in [5.41, 5.74) is 0. The Morgan fingerprint density at radius 2 is 1.83 bits per heavy atom. The number of allylic oxidation sites excluding steroid dienone is 1. The van der Waals surface area contributed by atoms with Gasteiger partial charge >= 0.3 is 0 Å². The van der Waals surface area contributed by atoms with Gasteiger partial charge in [-0.15, -0.1) is 0 Å². The van der Waals surface area contributed by atoms with Crippen LogP contribution in [0.25, 0.3) is 0 Å². The predicted molar refractivity (Wildman–Crippen MR) is 53.8 cm³/mol. The summed E-state index contributed by atoms with van der Waals surface area (Å²) in [6, 6.07) is 0.676. The van der Waals surface area contributed by atoms with Crippen molar-refractivity contribution < 1.29 is 0 Å². The Kier molecular flexibility index (Phi) is 3.19. The van der Waals surface area contributed by atoms with Crippen molar-refractivity contribution >= 4 is 0 Å². The zero-order chi connectivity index (χ0) is 9.14. The normalized spacial score (nSPS) is 29.5. The van der Waals surface area contributed by atoms with E-state index in [0.29, 0.717) is 6.04 Å². The molecule has 0 spiro atoms. The predicted octanol–water partition coefficient (Wildman–Crippen LogP) is 2.79. The molecule has 12 heavy (non-hydrogen) atoms. The van der Waals surface area contributed by atoms with Crippen LogP contribution in [0.15, 0.2) is 12.3 Å². The molecule has 0 amide bonds. The zero-order valence-electron chi connectivity index (χ0n) is 8.67. The van der Waals surface area contributed by atoms with Crippen LogP contribution in [0.1, 0.15) is 34.1 Å². The van der Waals surface area contributed by atoms with Crippen molar-refractivity contribution in [1.29, 1.82) is 0 Å². The van der Waals surface area contributed by atoms with Gasteiger partial charge in [-0.1, -0.05) is 33.8 Å². The highest BCUT2D eigenvalue weighted by atomic mass is 14.9. The van der Waals surface area contributed by atoms with Crippen LogP contribution in [-0.2, 0) is 0 Å². The van der Waals surface area contributed by atoms with Crippen LogP contribution < -0.4 is 5.32 Å². The quantitative estimate of drug-likeness (QED) is 0.667. The molecule has 0 aromatic heterocycles. The van der Waals surface area contributed by atoms with E-state index in [0.717, 1.165) is 17.8 Å². The van der Waals surface area contributed by atoms with E-state index in [9.17, 15) is 0 Å². The highest BCUT2D eigenvalue weighted by molar-refractivity contribution is 4.97. The molecule has 0 bridgehead atoms. The van der Waals surface area contributed by atoms with Gasteiger partial charge in [0.15, 0.2) is 0 Å². The lowest BCUT2D eigenvalue weighted by atomic mass is 9.79. The summed E-state index contributed by atoms with van der Waals surface area (Å²) < 4.78 is 0. The number of rotatable bonds is 2. The van der Waals surface area contributed by atoms with E-state index in [1.165, 1.54) is 6.42 Å². The van der Waals surface area contributed by atoms with Gasteiger partial charge in [0, 0.05) is 6.04 Å². The monoisotopic (exact) mass is 167 g/mol. The highest BCUT2D eigenvalue weighted by Gasteiger charge is 2.26. The minimum atomic E-state index is 0.676. The largest absolute Gasteiger partial charge is 0.388 e. The molecule has 0 aliphatic carbocycles. The van der Waals surface area contributed by atoms with Crippen molar-refractivity contribution in [2.75, 3.05) is 0 Å². The van der Waals surface area contributed by atoms with E-state index < -0.39 is 0 Å². The Labute approximate surface area is 76.2 Å². The van der Waals surface area contributed by atoms with E-state index in [4.69, 9.17) is 0 Å². The molecule has 70 valence electrons. The molecule has 0 aromatic carbocycles. The van der Waals surface area contributed by atoms with Crippen LogP contribution in [0.3, 0.4) is 0 Å². The summed E-state index contributed by atoms with van der Waals surface area (Å²) in [6.45, 7) is 9.24. The van der Waals surface area contributed by atoms with Crippen molar-refractivity contribution in [1.82, 2.24) is 5.32 Å². The summed E-state index contributed by atoms with van der Waals surface area (Å²) in [5.74, 6) is 2.34.